The zero-order valence-corrected chi connectivity index (χ0v) is 12.1. The van der Waals surface area contributed by atoms with Crippen LogP contribution in [0.15, 0.2) is 42.6 Å². The Balaban J connectivity index is 1.97. The molecule has 0 unspecified atom stereocenters. The van der Waals surface area contributed by atoms with Crippen molar-refractivity contribution in [3.8, 4) is 0 Å². The predicted molar refractivity (Wildman–Crippen MR) is 82.7 cm³/mol. The number of benzene rings is 2. The molecule has 3 rings (SSSR count). The summed E-state index contributed by atoms with van der Waals surface area (Å²) >= 11 is 11.9. The van der Waals surface area contributed by atoms with E-state index in [0.717, 1.165) is 0 Å². The number of hydrogen-bond donors (Lipinski definition) is 2. The largest absolute Gasteiger partial charge is 0.360 e. The molecule has 1 heterocycles. The molecule has 6 heteroatoms. The summed E-state index contributed by atoms with van der Waals surface area (Å²) in [5, 5.41) is 4.00. The number of fused-ring (bicyclic) bond motifs is 1. The Morgan fingerprint density at radius 1 is 1.14 bits per heavy atom. The third kappa shape index (κ3) is 2.73. The lowest BCUT2D eigenvalue weighted by atomic mass is 10.1. The molecule has 106 valence electrons. The normalized spacial score (nSPS) is 10.8. The molecule has 1 aromatic heterocycles. The second kappa shape index (κ2) is 5.39. The monoisotopic (exact) mass is 322 g/mol. The Labute approximate surface area is 129 Å². The molecule has 3 aromatic rings. The van der Waals surface area contributed by atoms with E-state index in [-0.39, 0.29) is 0 Å². The van der Waals surface area contributed by atoms with Gasteiger partial charge < -0.3 is 10.3 Å². The van der Waals surface area contributed by atoms with E-state index in [1.165, 1.54) is 18.3 Å². The molecule has 0 aliphatic rings. The van der Waals surface area contributed by atoms with Gasteiger partial charge in [-0.25, -0.2) is 4.39 Å². The molecule has 21 heavy (non-hydrogen) atoms. The Bertz CT molecular complexity index is 845. The first-order valence-corrected chi connectivity index (χ1v) is 6.83. The van der Waals surface area contributed by atoms with Crippen LogP contribution in [0.3, 0.4) is 0 Å². The van der Waals surface area contributed by atoms with Crippen molar-refractivity contribution in [1.29, 1.82) is 0 Å². The number of aromatic amines is 1. The molecule has 0 aliphatic carbocycles. The third-order valence-electron chi connectivity index (χ3n) is 3.07. The Kier molecular flexibility index (Phi) is 3.57. The summed E-state index contributed by atoms with van der Waals surface area (Å²) in [7, 11) is 0. The summed E-state index contributed by atoms with van der Waals surface area (Å²) in [4.78, 5) is 15.2. The first-order valence-electron chi connectivity index (χ1n) is 6.07. The highest BCUT2D eigenvalue weighted by Gasteiger charge is 2.14. The fraction of sp³-hybridized carbons (Fsp3) is 0. The summed E-state index contributed by atoms with van der Waals surface area (Å²) < 4.78 is 13.3. The molecule has 0 radical (unpaired) electrons. The van der Waals surface area contributed by atoms with E-state index in [1.54, 1.807) is 24.3 Å². The van der Waals surface area contributed by atoms with E-state index >= 15 is 0 Å². The van der Waals surface area contributed by atoms with Crippen molar-refractivity contribution in [3.63, 3.8) is 0 Å². The zero-order chi connectivity index (χ0) is 15.0. The van der Waals surface area contributed by atoms with E-state index in [9.17, 15) is 9.18 Å². The van der Waals surface area contributed by atoms with Crippen LogP contribution in [0.5, 0.6) is 0 Å². The number of halogens is 3. The summed E-state index contributed by atoms with van der Waals surface area (Å²) in [6.45, 7) is 0. The topological polar surface area (TPSA) is 44.9 Å². The molecule has 0 bridgehead atoms. The van der Waals surface area contributed by atoms with Crippen LogP contribution < -0.4 is 5.32 Å². The molecule has 0 saturated heterocycles. The summed E-state index contributed by atoms with van der Waals surface area (Å²) in [6, 6.07) is 8.98. The van der Waals surface area contributed by atoms with Gasteiger partial charge in [0.2, 0.25) is 0 Å². The molecule has 2 aromatic carbocycles. The number of hydrogen-bond acceptors (Lipinski definition) is 1. The van der Waals surface area contributed by atoms with Gasteiger partial charge in [0.1, 0.15) is 5.82 Å². The van der Waals surface area contributed by atoms with Crippen LogP contribution in [0, 0.1) is 5.82 Å². The average molecular weight is 323 g/mol. The standard InChI is InChI=1S/C15H9Cl2FN2O/c16-8-1-3-12(17)14(5-8)20-15(21)11-7-19-13-4-2-9(18)6-10(11)13/h1-7,19H,(H,20,21). The lowest BCUT2D eigenvalue weighted by Crippen LogP contribution is -2.11. The highest BCUT2D eigenvalue weighted by Crippen LogP contribution is 2.27. The maximum atomic E-state index is 13.3. The second-order valence-electron chi connectivity index (χ2n) is 4.47. The van der Waals surface area contributed by atoms with Crippen LogP contribution in [0.1, 0.15) is 10.4 Å². The fourth-order valence-electron chi connectivity index (χ4n) is 2.06. The lowest BCUT2D eigenvalue weighted by Gasteiger charge is -2.07. The van der Waals surface area contributed by atoms with Crippen molar-refractivity contribution in [2.75, 3.05) is 5.32 Å². The van der Waals surface area contributed by atoms with Gasteiger partial charge in [-0.1, -0.05) is 23.2 Å². The van der Waals surface area contributed by atoms with Crippen molar-refractivity contribution >= 4 is 45.7 Å². The maximum Gasteiger partial charge on any atom is 0.257 e. The van der Waals surface area contributed by atoms with E-state index in [0.29, 0.717) is 32.2 Å². The first-order chi connectivity index (χ1) is 10.0. The molecule has 0 atom stereocenters. The molecular weight excluding hydrogens is 314 g/mol. The summed E-state index contributed by atoms with van der Waals surface area (Å²) in [6.07, 6.45) is 1.53. The minimum Gasteiger partial charge on any atom is -0.360 e. The molecular formula is C15H9Cl2FN2O. The number of anilines is 1. The van der Waals surface area contributed by atoms with Gasteiger partial charge in [0, 0.05) is 22.1 Å². The van der Waals surface area contributed by atoms with Gasteiger partial charge >= 0.3 is 0 Å². The van der Waals surface area contributed by atoms with E-state index in [2.05, 4.69) is 10.3 Å². The Hall–Kier alpha value is -2.04. The van der Waals surface area contributed by atoms with Crippen molar-refractivity contribution in [3.05, 3.63) is 64.0 Å². The van der Waals surface area contributed by atoms with Gasteiger partial charge in [-0.3, -0.25) is 4.79 Å². The number of rotatable bonds is 2. The van der Waals surface area contributed by atoms with Crippen molar-refractivity contribution in [2.45, 2.75) is 0 Å². The number of carbonyl (C=O) groups is 1. The third-order valence-corrected chi connectivity index (χ3v) is 3.63. The number of amides is 1. The lowest BCUT2D eigenvalue weighted by molar-refractivity contribution is 0.102. The van der Waals surface area contributed by atoms with Crippen LogP contribution >= 0.6 is 23.2 Å². The van der Waals surface area contributed by atoms with Crippen LogP contribution in [-0.2, 0) is 0 Å². The predicted octanol–water partition coefficient (Wildman–Crippen LogP) is 4.87. The van der Waals surface area contributed by atoms with Gasteiger partial charge in [-0.05, 0) is 36.4 Å². The van der Waals surface area contributed by atoms with Gasteiger partial charge in [-0.15, -0.1) is 0 Å². The van der Waals surface area contributed by atoms with Crippen LogP contribution in [0.25, 0.3) is 10.9 Å². The van der Waals surface area contributed by atoms with Gasteiger partial charge in [0.25, 0.3) is 5.91 Å². The molecule has 0 aliphatic heterocycles. The number of H-pyrrole nitrogens is 1. The van der Waals surface area contributed by atoms with Crippen molar-refractivity contribution in [1.82, 2.24) is 4.98 Å². The molecule has 3 nitrogen and oxygen atoms in total. The Morgan fingerprint density at radius 2 is 1.95 bits per heavy atom. The second-order valence-corrected chi connectivity index (χ2v) is 5.31. The highest BCUT2D eigenvalue weighted by molar-refractivity contribution is 6.36. The molecule has 1 amide bonds. The van der Waals surface area contributed by atoms with Crippen LogP contribution in [0.2, 0.25) is 10.0 Å². The van der Waals surface area contributed by atoms with Gasteiger partial charge in [0.05, 0.1) is 16.3 Å². The van der Waals surface area contributed by atoms with Crippen LogP contribution in [-0.4, -0.2) is 10.9 Å². The summed E-state index contributed by atoms with van der Waals surface area (Å²) in [5.74, 6) is -0.798. The van der Waals surface area contributed by atoms with Gasteiger partial charge in [0.15, 0.2) is 0 Å². The maximum absolute atomic E-state index is 13.3. The number of nitrogens with one attached hydrogen (secondary N) is 2. The molecule has 0 spiro atoms. The van der Waals surface area contributed by atoms with Crippen LogP contribution in [0.4, 0.5) is 10.1 Å². The molecule has 0 fully saturated rings. The highest BCUT2D eigenvalue weighted by atomic mass is 35.5. The van der Waals surface area contributed by atoms with Crippen molar-refractivity contribution < 1.29 is 9.18 Å². The fourth-order valence-corrected chi connectivity index (χ4v) is 2.40. The SMILES string of the molecule is O=C(Nc1cc(Cl)ccc1Cl)c1c[nH]c2ccc(F)cc12. The quantitative estimate of drug-likeness (QED) is 0.694. The minimum atomic E-state index is -0.406. The van der Waals surface area contributed by atoms with E-state index < -0.39 is 11.7 Å². The van der Waals surface area contributed by atoms with Crippen molar-refractivity contribution in [2.24, 2.45) is 0 Å². The van der Waals surface area contributed by atoms with E-state index in [1.807, 2.05) is 0 Å². The summed E-state index contributed by atoms with van der Waals surface area (Å²) in [5.41, 5.74) is 1.42. The molecule has 2 N–H and O–H groups in total. The van der Waals surface area contributed by atoms with Gasteiger partial charge in [-0.2, -0.15) is 0 Å². The number of carbonyl (C=O) groups excluding carboxylic acids is 1. The Morgan fingerprint density at radius 3 is 2.76 bits per heavy atom. The minimum absolute atomic E-state index is 0.334. The number of aromatic nitrogens is 1. The smallest absolute Gasteiger partial charge is 0.257 e. The zero-order valence-electron chi connectivity index (χ0n) is 10.6. The molecule has 0 saturated carbocycles. The first kappa shape index (κ1) is 13.9. The van der Waals surface area contributed by atoms with E-state index in [4.69, 9.17) is 23.2 Å². The average Bonchev–Trinajstić information content (AvgIpc) is 2.85.